The third-order valence-electron chi connectivity index (χ3n) is 4.18. The van der Waals surface area contributed by atoms with E-state index in [1.807, 2.05) is 0 Å². The van der Waals surface area contributed by atoms with Crippen molar-refractivity contribution in [2.45, 2.75) is 19.2 Å². The van der Waals surface area contributed by atoms with Crippen LogP contribution in [0.5, 0.6) is 0 Å². The summed E-state index contributed by atoms with van der Waals surface area (Å²) in [7, 11) is -1.39. The summed E-state index contributed by atoms with van der Waals surface area (Å²) in [6.45, 7) is 0.471. The van der Waals surface area contributed by atoms with Crippen LogP contribution in [0.3, 0.4) is 0 Å². The molecule has 2 atom stereocenters. The van der Waals surface area contributed by atoms with Gasteiger partial charge >= 0.3 is 19.1 Å². The third kappa shape index (κ3) is 5.12. The number of hydrogen-bond acceptors (Lipinski definition) is 4. The summed E-state index contributed by atoms with van der Waals surface area (Å²) in [6, 6.07) is 6.30. The molecule has 2 rings (SSSR count). The van der Waals surface area contributed by atoms with E-state index in [4.69, 9.17) is 21.6 Å². The number of aliphatic carboxylic acids is 1. The smallest absolute Gasteiger partial charge is 0.451 e. The van der Waals surface area contributed by atoms with Crippen LogP contribution in [-0.2, 0) is 4.79 Å². The molecule has 0 unspecified atom stereocenters. The fourth-order valence-electron chi connectivity index (χ4n) is 2.91. The van der Waals surface area contributed by atoms with Gasteiger partial charge in [0, 0.05) is 23.8 Å². The first-order valence-corrected chi connectivity index (χ1v) is 8.15. The Morgan fingerprint density at radius 3 is 2.50 bits per heavy atom. The molecule has 1 aliphatic rings. The van der Waals surface area contributed by atoms with Crippen LogP contribution in [0.15, 0.2) is 24.3 Å². The van der Waals surface area contributed by atoms with Gasteiger partial charge < -0.3 is 25.4 Å². The van der Waals surface area contributed by atoms with E-state index < -0.39 is 19.0 Å². The third-order valence-corrected chi connectivity index (χ3v) is 4.43. The van der Waals surface area contributed by atoms with Gasteiger partial charge in [0.25, 0.3) is 0 Å². The van der Waals surface area contributed by atoms with Crippen LogP contribution >= 0.6 is 11.6 Å². The fraction of sp³-hybridized carbons (Fsp3) is 0.467. The van der Waals surface area contributed by atoms with Crippen molar-refractivity contribution < 1.29 is 24.7 Å². The predicted molar refractivity (Wildman–Crippen MR) is 90.9 cm³/mol. The van der Waals surface area contributed by atoms with Crippen LogP contribution in [0.4, 0.5) is 10.5 Å². The number of benzene rings is 1. The molecule has 0 saturated carbocycles. The number of anilines is 1. The van der Waals surface area contributed by atoms with Gasteiger partial charge in [-0.3, -0.25) is 4.79 Å². The van der Waals surface area contributed by atoms with Crippen molar-refractivity contribution in [2.75, 3.05) is 18.4 Å². The molecule has 1 aliphatic heterocycles. The van der Waals surface area contributed by atoms with Crippen LogP contribution in [-0.4, -0.2) is 52.3 Å². The van der Waals surface area contributed by atoms with Gasteiger partial charge in [0.2, 0.25) is 0 Å². The van der Waals surface area contributed by atoms with Crippen molar-refractivity contribution in [2.24, 2.45) is 11.8 Å². The van der Waals surface area contributed by atoms with Gasteiger partial charge in [-0.05, 0) is 42.9 Å². The van der Waals surface area contributed by atoms with Crippen LogP contribution in [0.1, 0.15) is 12.8 Å². The Morgan fingerprint density at radius 2 is 1.92 bits per heavy atom. The zero-order chi connectivity index (χ0) is 17.7. The lowest BCUT2D eigenvalue weighted by Gasteiger charge is -2.17. The second-order valence-electron chi connectivity index (χ2n) is 5.96. The van der Waals surface area contributed by atoms with E-state index in [1.165, 1.54) is 4.90 Å². The van der Waals surface area contributed by atoms with E-state index in [0.29, 0.717) is 30.1 Å². The summed E-state index contributed by atoms with van der Waals surface area (Å²) >= 11 is 5.80. The van der Waals surface area contributed by atoms with Crippen LogP contribution in [0.25, 0.3) is 0 Å². The minimum Gasteiger partial charge on any atom is -0.481 e. The first-order chi connectivity index (χ1) is 11.4. The van der Waals surface area contributed by atoms with Crippen LogP contribution in [0.2, 0.25) is 11.3 Å². The highest BCUT2D eigenvalue weighted by Crippen LogP contribution is 2.29. The number of rotatable bonds is 6. The maximum absolute atomic E-state index is 12.3. The molecular formula is C15H20BClN2O5. The molecule has 1 aromatic rings. The topological polar surface area (TPSA) is 110 Å². The molecule has 0 aliphatic carbocycles. The molecule has 1 aromatic carbocycles. The lowest BCUT2D eigenvalue weighted by atomic mass is 9.80. The van der Waals surface area contributed by atoms with Gasteiger partial charge in [0.15, 0.2) is 0 Å². The van der Waals surface area contributed by atoms with Crippen molar-refractivity contribution in [1.29, 1.82) is 0 Å². The lowest BCUT2D eigenvalue weighted by molar-refractivity contribution is -0.142. The summed E-state index contributed by atoms with van der Waals surface area (Å²) in [6.07, 6.45) is 1.22. The standard InChI is InChI=1S/C15H20BClN2O5/c17-11-3-5-12(6-4-11)18-15(22)19-8-10(2-1-7-16(23)24)13(9-19)14(20)21/h3-6,10,13,23-24H,1-2,7-9H2,(H,18,22)(H,20,21)/t10-,13+/m0/s1. The largest absolute Gasteiger partial charge is 0.481 e. The average molecular weight is 355 g/mol. The minimum atomic E-state index is -1.39. The number of carboxylic acid groups (broad SMARTS) is 1. The van der Waals surface area contributed by atoms with Crippen molar-refractivity contribution in [1.82, 2.24) is 4.90 Å². The highest BCUT2D eigenvalue weighted by molar-refractivity contribution is 6.40. The Bertz CT molecular complexity index is 584. The number of carbonyl (C=O) groups excluding carboxylic acids is 1. The predicted octanol–water partition coefficient (Wildman–Crippen LogP) is 1.76. The van der Waals surface area contributed by atoms with Gasteiger partial charge in [-0.1, -0.05) is 18.0 Å². The Balaban J connectivity index is 1.94. The number of urea groups is 1. The molecule has 7 nitrogen and oxygen atoms in total. The zero-order valence-corrected chi connectivity index (χ0v) is 13.8. The number of carboxylic acids is 1. The molecular weight excluding hydrogens is 334 g/mol. The number of hydrogen-bond donors (Lipinski definition) is 4. The molecule has 0 aromatic heterocycles. The maximum atomic E-state index is 12.3. The van der Waals surface area contributed by atoms with Gasteiger partial charge in [0.05, 0.1) is 5.92 Å². The monoisotopic (exact) mass is 354 g/mol. The highest BCUT2D eigenvalue weighted by atomic mass is 35.5. The number of amides is 2. The molecule has 130 valence electrons. The number of likely N-dealkylation sites (tertiary alicyclic amines) is 1. The van der Waals surface area contributed by atoms with Gasteiger partial charge in [-0.25, -0.2) is 4.79 Å². The molecule has 1 saturated heterocycles. The Labute approximate surface area is 145 Å². The van der Waals surface area contributed by atoms with Gasteiger partial charge in [-0.15, -0.1) is 0 Å². The number of nitrogens with one attached hydrogen (secondary N) is 1. The first-order valence-electron chi connectivity index (χ1n) is 7.77. The molecule has 0 radical (unpaired) electrons. The van der Waals surface area contributed by atoms with Gasteiger partial charge in [-0.2, -0.15) is 0 Å². The van der Waals surface area contributed by atoms with Crippen molar-refractivity contribution >= 4 is 36.4 Å². The Hall–Kier alpha value is -1.77. The summed E-state index contributed by atoms with van der Waals surface area (Å²) in [4.78, 5) is 25.2. The summed E-state index contributed by atoms with van der Waals surface area (Å²) in [5.41, 5.74) is 0.586. The SMILES string of the molecule is O=C(O)[C@@H]1CN(C(=O)Nc2ccc(Cl)cc2)C[C@@H]1CCCB(O)O. The minimum absolute atomic E-state index is 0.140. The lowest BCUT2D eigenvalue weighted by Crippen LogP contribution is -2.33. The van der Waals surface area contributed by atoms with Gasteiger partial charge in [0.1, 0.15) is 0 Å². The quantitative estimate of drug-likeness (QED) is 0.582. The van der Waals surface area contributed by atoms with E-state index >= 15 is 0 Å². The summed E-state index contributed by atoms with van der Waals surface area (Å²) in [5, 5.41) is 30.4. The summed E-state index contributed by atoms with van der Waals surface area (Å²) < 4.78 is 0. The molecule has 2 amide bonds. The van der Waals surface area contributed by atoms with Crippen molar-refractivity contribution in [3.63, 3.8) is 0 Å². The van der Waals surface area contributed by atoms with E-state index in [9.17, 15) is 14.7 Å². The van der Waals surface area contributed by atoms with Crippen molar-refractivity contribution in [3.8, 4) is 0 Å². The van der Waals surface area contributed by atoms with E-state index in [1.54, 1.807) is 24.3 Å². The molecule has 4 N–H and O–H groups in total. The summed E-state index contributed by atoms with van der Waals surface area (Å²) in [5.74, 6) is -1.78. The molecule has 0 bridgehead atoms. The second-order valence-corrected chi connectivity index (χ2v) is 6.39. The van der Waals surface area contributed by atoms with Crippen molar-refractivity contribution in [3.05, 3.63) is 29.3 Å². The van der Waals surface area contributed by atoms with E-state index in [0.717, 1.165) is 0 Å². The highest BCUT2D eigenvalue weighted by Gasteiger charge is 2.39. The second kappa shape index (κ2) is 8.37. The number of halogens is 1. The van der Waals surface area contributed by atoms with E-state index in [-0.39, 0.29) is 24.8 Å². The fourth-order valence-corrected chi connectivity index (χ4v) is 3.03. The Kier molecular flexibility index (Phi) is 6.48. The number of nitrogens with zero attached hydrogens (tertiary/aromatic N) is 1. The first kappa shape index (κ1) is 18.6. The van der Waals surface area contributed by atoms with E-state index in [2.05, 4.69) is 5.32 Å². The Morgan fingerprint density at radius 1 is 1.25 bits per heavy atom. The zero-order valence-electron chi connectivity index (χ0n) is 13.1. The normalized spacial score (nSPS) is 20.0. The van der Waals surface area contributed by atoms with Crippen LogP contribution in [0, 0.1) is 11.8 Å². The molecule has 24 heavy (non-hydrogen) atoms. The average Bonchev–Trinajstić information content (AvgIpc) is 2.94. The molecule has 9 heteroatoms. The molecule has 0 spiro atoms. The molecule has 1 fully saturated rings. The maximum Gasteiger partial charge on any atom is 0.451 e. The molecule has 1 heterocycles. The van der Waals surface area contributed by atoms with Crippen LogP contribution < -0.4 is 5.32 Å². The number of carbonyl (C=O) groups is 2.